The van der Waals surface area contributed by atoms with Crippen LogP contribution in [0, 0.1) is 22.7 Å². The summed E-state index contributed by atoms with van der Waals surface area (Å²) in [5, 5.41) is 21.6. The Hall–Kier alpha value is -3.56. The first-order valence-corrected chi connectivity index (χ1v) is 14.7. The smallest absolute Gasteiger partial charge is 0.0992 e. The van der Waals surface area contributed by atoms with Crippen molar-refractivity contribution in [2.75, 3.05) is 0 Å². The summed E-state index contributed by atoms with van der Waals surface area (Å²) in [4.78, 5) is 0. The molecule has 38 heavy (non-hydrogen) atoms. The van der Waals surface area contributed by atoms with E-state index < -0.39 is 0 Å². The molecular formula is C35H37N3. The van der Waals surface area contributed by atoms with Crippen LogP contribution in [0.25, 0.3) is 21.8 Å². The fraction of sp³-hybridized carbons (Fsp3) is 0.429. The van der Waals surface area contributed by atoms with E-state index in [9.17, 15) is 10.5 Å². The molecule has 0 spiro atoms. The van der Waals surface area contributed by atoms with E-state index in [0.29, 0.717) is 23.0 Å². The molecule has 2 aliphatic carbocycles. The monoisotopic (exact) mass is 499 g/mol. The molecule has 192 valence electrons. The Bertz CT molecular complexity index is 1420. The molecule has 0 amide bonds. The Kier molecular flexibility index (Phi) is 7.20. The lowest BCUT2D eigenvalue weighted by Crippen LogP contribution is -2.04. The van der Waals surface area contributed by atoms with Crippen molar-refractivity contribution in [3.8, 4) is 12.1 Å². The molecule has 0 bridgehead atoms. The molecule has 3 aromatic carbocycles. The SMILES string of the molecule is N#Cc1cc(C#N)cc(CCCn2c3ccc(C4CCCCC4)cc3c3cc(C4CCCCC4)ccc32)c1. The molecule has 0 saturated heterocycles. The third-order valence-electron chi connectivity index (χ3n) is 9.16. The molecule has 0 aliphatic heterocycles. The average Bonchev–Trinajstić information content (AvgIpc) is 3.30. The summed E-state index contributed by atoms with van der Waals surface area (Å²) in [6.07, 6.45) is 15.3. The fourth-order valence-electron chi connectivity index (χ4n) is 7.17. The number of aromatic nitrogens is 1. The van der Waals surface area contributed by atoms with Crippen LogP contribution in [-0.2, 0) is 13.0 Å². The third kappa shape index (κ3) is 4.96. The topological polar surface area (TPSA) is 52.5 Å². The second kappa shape index (κ2) is 11.0. The third-order valence-corrected chi connectivity index (χ3v) is 9.16. The van der Waals surface area contributed by atoms with Crippen LogP contribution in [-0.4, -0.2) is 4.57 Å². The molecule has 3 nitrogen and oxygen atoms in total. The Morgan fingerprint density at radius 3 is 1.61 bits per heavy atom. The second-order valence-electron chi connectivity index (χ2n) is 11.6. The zero-order valence-electron chi connectivity index (χ0n) is 22.4. The number of fused-ring (bicyclic) bond motifs is 3. The first-order valence-electron chi connectivity index (χ1n) is 14.7. The molecule has 1 heterocycles. The molecule has 6 rings (SSSR count). The summed E-state index contributed by atoms with van der Waals surface area (Å²) in [7, 11) is 0. The zero-order valence-corrected chi connectivity index (χ0v) is 22.4. The van der Waals surface area contributed by atoms with E-state index in [1.54, 1.807) is 6.07 Å². The average molecular weight is 500 g/mol. The highest BCUT2D eigenvalue weighted by molar-refractivity contribution is 6.08. The Labute approximate surface area is 226 Å². The van der Waals surface area contributed by atoms with E-state index in [2.05, 4.69) is 53.1 Å². The highest BCUT2D eigenvalue weighted by Crippen LogP contribution is 2.39. The molecule has 0 unspecified atom stereocenters. The van der Waals surface area contributed by atoms with E-state index in [4.69, 9.17) is 0 Å². The van der Waals surface area contributed by atoms with E-state index in [0.717, 1.165) is 24.9 Å². The van der Waals surface area contributed by atoms with Crippen molar-refractivity contribution >= 4 is 21.8 Å². The standard InChI is InChI=1S/C35H37N3/c36-23-26-18-25(19-27(20-26)24-37)8-7-17-38-34-15-13-30(28-9-3-1-4-10-28)21-32(34)33-22-31(14-16-35(33)38)29-11-5-2-6-12-29/h13-16,18-22,28-29H,1-12,17H2. The highest BCUT2D eigenvalue weighted by atomic mass is 15.0. The van der Waals surface area contributed by atoms with Gasteiger partial charge in [0.15, 0.2) is 0 Å². The molecule has 2 fully saturated rings. The van der Waals surface area contributed by atoms with Gasteiger partial charge in [0.2, 0.25) is 0 Å². The predicted octanol–water partition coefficient (Wildman–Crippen LogP) is 9.27. The minimum atomic E-state index is 0.571. The lowest BCUT2D eigenvalue weighted by atomic mass is 9.83. The van der Waals surface area contributed by atoms with Gasteiger partial charge in [0.25, 0.3) is 0 Å². The van der Waals surface area contributed by atoms with Gasteiger partial charge in [-0.25, -0.2) is 0 Å². The number of nitriles is 2. The van der Waals surface area contributed by atoms with Crippen LogP contribution in [0.3, 0.4) is 0 Å². The summed E-state index contributed by atoms with van der Waals surface area (Å²) in [6.45, 7) is 0.921. The lowest BCUT2D eigenvalue weighted by molar-refractivity contribution is 0.444. The van der Waals surface area contributed by atoms with Crippen LogP contribution in [0.5, 0.6) is 0 Å². The Balaban J connectivity index is 1.35. The molecule has 4 aromatic rings. The first-order chi connectivity index (χ1) is 18.7. The van der Waals surface area contributed by atoms with Crippen molar-refractivity contribution in [2.24, 2.45) is 0 Å². The van der Waals surface area contributed by atoms with Crippen molar-refractivity contribution in [3.63, 3.8) is 0 Å². The summed E-state index contributed by atoms with van der Waals surface area (Å²) in [5.74, 6) is 1.41. The molecule has 0 atom stereocenters. The van der Waals surface area contributed by atoms with E-state index in [1.807, 2.05) is 12.1 Å². The molecule has 1 aromatic heterocycles. The molecule has 0 radical (unpaired) electrons. The van der Waals surface area contributed by atoms with Gasteiger partial charge in [-0.2, -0.15) is 10.5 Å². The molecule has 2 saturated carbocycles. The summed E-state index contributed by atoms with van der Waals surface area (Å²) in [5.41, 5.74) is 7.93. The lowest BCUT2D eigenvalue weighted by Gasteiger charge is -2.22. The molecular weight excluding hydrogens is 462 g/mol. The number of hydrogen-bond acceptors (Lipinski definition) is 2. The normalized spacial score (nSPS) is 17.0. The van der Waals surface area contributed by atoms with Gasteiger partial charge >= 0.3 is 0 Å². The molecule has 0 N–H and O–H groups in total. The highest BCUT2D eigenvalue weighted by Gasteiger charge is 2.20. The first kappa shape index (κ1) is 24.8. The van der Waals surface area contributed by atoms with Crippen LogP contribution in [0.2, 0.25) is 0 Å². The van der Waals surface area contributed by atoms with Crippen molar-refractivity contribution in [1.29, 1.82) is 10.5 Å². The molecule has 3 heteroatoms. The fourth-order valence-corrected chi connectivity index (χ4v) is 7.17. The summed E-state index contributed by atoms with van der Waals surface area (Å²) >= 11 is 0. The number of benzene rings is 3. The van der Waals surface area contributed by atoms with E-state index in [1.165, 1.54) is 97.1 Å². The number of nitrogens with zero attached hydrogens (tertiary/aromatic N) is 3. The Morgan fingerprint density at radius 1 is 0.632 bits per heavy atom. The van der Waals surface area contributed by atoms with Crippen molar-refractivity contribution in [3.05, 3.63) is 82.4 Å². The second-order valence-corrected chi connectivity index (χ2v) is 11.6. The summed E-state index contributed by atoms with van der Waals surface area (Å²) < 4.78 is 2.51. The minimum absolute atomic E-state index is 0.571. The van der Waals surface area contributed by atoms with Crippen LogP contribution >= 0.6 is 0 Å². The van der Waals surface area contributed by atoms with Gasteiger partial charge in [-0.3, -0.25) is 0 Å². The van der Waals surface area contributed by atoms with Gasteiger partial charge in [-0.15, -0.1) is 0 Å². The van der Waals surface area contributed by atoms with E-state index >= 15 is 0 Å². The maximum atomic E-state index is 9.36. The Morgan fingerprint density at radius 2 is 1.13 bits per heavy atom. The molecule has 2 aliphatic rings. The summed E-state index contributed by atoms with van der Waals surface area (Å²) in [6, 6.07) is 24.5. The van der Waals surface area contributed by atoms with Crippen LogP contribution in [0.4, 0.5) is 0 Å². The maximum Gasteiger partial charge on any atom is 0.0992 e. The van der Waals surface area contributed by atoms with Crippen molar-refractivity contribution in [2.45, 2.75) is 95.4 Å². The minimum Gasteiger partial charge on any atom is -0.340 e. The quantitative estimate of drug-likeness (QED) is 0.265. The van der Waals surface area contributed by atoms with Gasteiger partial charge < -0.3 is 4.57 Å². The number of aryl methyl sites for hydroxylation is 2. The van der Waals surface area contributed by atoms with Crippen LogP contribution < -0.4 is 0 Å². The van der Waals surface area contributed by atoms with Gasteiger partial charge in [0.05, 0.1) is 23.3 Å². The van der Waals surface area contributed by atoms with Gasteiger partial charge in [0, 0.05) is 28.4 Å². The maximum absolute atomic E-state index is 9.36. The van der Waals surface area contributed by atoms with Gasteiger partial charge in [-0.05, 0) is 110 Å². The van der Waals surface area contributed by atoms with Crippen molar-refractivity contribution < 1.29 is 0 Å². The van der Waals surface area contributed by atoms with Gasteiger partial charge in [0.1, 0.15) is 0 Å². The van der Waals surface area contributed by atoms with Crippen LogP contribution in [0.15, 0.2) is 54.6 Å². The largest absolute Gasteiger partial charge is 0.340 e. The zero-order chi connectivity index (χ0) is 25.9. The van der Waals surface area contributed by atoms with Crippen molar-refractivity contribution in [1.82, 2.24) is 4.57 Å². The predicted molar refractivity (Wildman–Crippen MR) is 155 cm³/mol. The van der Waals surface area contributed by atoms with Gasteiger partial charge in [-0.1, -0.05) is 50.7 Å². The van der Waals surface area contributed by atoms with Crippen LogP contribution in [0.1, 0.15) is 110 Å². The number of hydrogen-bond donors (Lipinski definition) is 0. The van der Waals surface area contributed by atoms with E-state index in [-0.39, 0.29) is 0 Å². The number of rotatable bonds is 6.